The van der Waals surface area contributed by atoms with Crippen molar-refractivity contribution in [1.29, 1.82) is 0 Å². The van der Waals surface area contributed by atoms with E-state index in [-0.39, 0.29) is 22.2 Å². The van der Waals surface area contributed by atoms with Crippen molar-refractivity contribution in [1.82, 2.24) is 0 Å². The molecule has 1 amide bonds. The van der Waals surface area contributed by atoms with Crippen molar-refractivity contribution in [2.24, 2.45) is 11.7 Å². The van der Waals surface area contributed by atoms with E-state index in [0.717, 1.165) is 0 Å². The van der Waals surface area contributed by atoms with Crippen molar-refractivity contribution < 1.29 is 14.7 Å². The number of rotatable bonds is 5. The Morgan fingerprint density at radius 2 is 2.05 bits per heavy atom. The summed E-state index contributed by atoms with van der Waals surface area (Å²) in [5.74, 6) is -1.17. The zero-order chi connectivity index (χ0) is 14.6. The molecule has 0 heterocycles. The van der Waals surface area contributed by atoms with Crippen molar-refractivity contribution in [3.05, 3.63) is 28.8 Å². The lowest BCUT2D eigenvalue weighted by Gasteiger charge is -2.15. The molecule has 1 rings (SSSR count). The largest absolute Gasteiger partial charge is 0.478 e. The normalized spacial score (nSPS) is 12.3. The second kappa shape index (κ2) is 6.54. The quantitative estimate of drug-likeness (QED) is 0.774. The van der Waals surface area contributed by atoms with E-state index in [1.54, 1.807) is 0 Å². The summed E-state index contributed by atoms with van der Waals surface area (Å²) in [5, 5.41) is 11.7. The molecule has 0 fully saturated rings. The predicted molar refractivity (Wildman–Crippen MR) is 74.5 cm³/mol. The molecule has 1 aromatic carbocycles. The number of aromatic carboxylic acids is 1. The molecule has 0 saturated heterocycles. The Balaban J connectivity index is 2.84. The van der Waals surface area contributed by atoms with Crippen LogP contribution in [0.2, 0.25) is 5.02 Å². The molecular formula is C13H17ClN2O3. The maximum atomic E-state index is 11.8. The maximum absolute atomic E-state index is 11.8. The van der Waals surface area contributed by atoms with E-state index < -0.39 is 12.0 Å². The first-order chi connectivity index (χ1) is 8.81. The number of anilines is 1. The Labute approximate surface area is 116 Å². The van der Waals surface area contributed by atoms with Gasteiger partial charge in [-0.15, -0.1) is 0 Å². The summed E-state index contributed by atoms with van der Waals surface area (Å²) in [7, 11) is 0. The third-order valence-corrected chi connectivity index (χ3v) is 2.86. The molecular weight excluding hydrogens is 268 g/mol. The summed E-state index contributed by atoms with van der Waals surface area (Å²) in [6.45, 7) is 3.93. The van der Waals surface area contributed by atoms with E-state index in [9.17, 15) is 9.59 Å². The van der Waals surface area contributed by atoms with Crippen LogP contribution in [0, 0.1) is 5.92 Å². The van der Waals surface area contributed by atoms with Gasteiger partial charge in [0.05, 0.1) is 22.3 Å². The molecule has 0 spiro atoms. The van der Waals surface area contributed by atoms with Crippen LogP contribution in [0.15, 0.2) is 18.2 Å². The fourth-order valence-corrected chi connectivity index (χ4v) is 1.76. The molecule has 104 valence electrons. The highest BCUT2D eigenvalue weighted by Crippen LogP contribution is 2.23. The second-order valence-electron chi connectivity index (χ2n) is 4.73. The number of nitrogens with one attached hydrogen (secondary N) is 1. The van der Waals surface area contributed by atoms with E-state index >= 15 is 0 Å². The molecule has 1 atom stereocenters. The molecule has 0 aliphatic heterocycles. The minimum Gasteiger partial charge on any atom is -0.478 e. The number of carbonyl (C=O) groups excluding carboxylic acids is 1. The number of carbonyl (C=O) groups is 2. The lowest BCUT2D eigenvalue weighted by atomic mass is 10.0. The van der Waals surface area contributed by atoms with Crippen molar-refractivity contribution in [3.8, 4) is 0 Å². The molecule has 0 aliphatic carbocycles. The second-order valence-corrected chi connectivity index (χ2v) is 5.13. The molecule has 19 heavy (non-hydrogen) atoms. The average molecular weight is 285 g/mol. The number of nitrogens with two attached hydrogens (primary N) is 1. The van der Waals surface area contributed by atoms with Gasteiger partial charge < -0.3 is 16.2 Å². The van der Waals surface area contributed by atoms with Gasteiger partial charge in [-0.2, -0.15) is 0 Å². The lowest BCUT2D eigenvalue weighted by molar-refractivity contribution is -0.117. The van der Waals surface area contributed by atoms with Crippen LogP contribution in [0.1, 0.15) is 30.6 Å². The molecule has 5 nitrogen and oxygen atoms in total. The summed E-state index contributed by atoms with van der Waals surface area (Å²) in [6, 6.07) is 3.46. The van der Waals surface area contributed by atoms with Crippen molar-refractivity contribution in [2.75, 3.05) is 5.32 Å². The molecule has 4 N–H and O–H groups in total. The van der Waals surface area contributed by atoms with Crippen LogP contribution in [-0.2, 0) is 4.79 Å². The van der Waals surface area contributed by atoms with Gasteiger partial charge in [-0.3, -0.25) is 4.79 Å². The zero-order valence-corrected chi connectivity index (χ0v) is 11.6. The van der Waals surface area contributed by atoms with Crippen LogP contribution in [0.25, 0.3) is 0 Å². The van der Waals surface area contributed by atoms with Gasteiger partial charge in [0.25, 0.3) is 0 Å². The van der Waals surface area contributed by atoms with Crippen LogP contribution in [0.3, 0.4) is 0 Å². The van der Waals surface area contributed by atoms with Crippen molar-refractivity contribution in [3.63, 3.8) is 0 Å². The van der Waals surface area contributed by atoms with Crippen LogP contribution < -0.4 is 11.1 Å². The molecule has 0 aromatic heterocycles. The van der Waals surface area contributed by atoms with Gasteiger partial charge in [-0.25, -0.2) is 4.79 Å². The smallest absolute Gasteiger partial charge is 0.335 e. The van der Waals surface area contributed by atoms with Crippen molar-refractivity contribution in [2.45, 2.75) is 26.3 Å². The fourth-order valence-electron chi connectivity index (χ4n) is 1.59. The molecule has 0 saturated carbocycles. The van der Waals surface area contributed by atoms with Gasteiger partial charge in [0, 0.05) is 0 Å². The van der Waals surface area contributed by atoms with Gasteiger partial charge in [-0.1, -0.05) is 25.4 Å². The zero-order valence-electron chi connectivity index (χ0n) is 10.8. The summed E-state index contributed by atoms with van der Waals surface area (Å²) in [6.07, 6.45) is 0.544. The number of amides is 1. The number of hydrogen-bond donors (Lipinski definition) is 3. The number of halogens is 1. The monoisotopic (exact) mass is 284 g/mol. The molecule has 0 bridgehead atoms. The third kappa shape index (κ3) is 4.54. The first-order valence-corrected chi connectivity index (χ1v) is 6.28. The van der Waals surface area contributed by atoms with Crippen molar-refractivity contribution >= 4 is 29.2 Å². The van der Waals surface area contributed by atoms with Gasteiger partial charge in [0.15, 0.2) is 0 Å². The maximum Gasteiger partial charge on any atom is 0.335 e. The molecule has 0 radical (unpaired) electrons. The molecule has 6 heteroatoms. The molecule has 0 aliphatic rings. The van der Waals surface area contributed by atoms with Crippen LogP contribution in [0.4, 0.5) is 5.69 Å². The van der Waals surface area contributed by atoms with E-state index in [2.05, 4.69) is 5.32 Å². The predicted octanol–water partition coefficient (Wildman–Crippen LogP) is 2.35. The number of carboxylic acid groups (broad SMARTS) is 1. The van der Waals surface area contributed by atoms with Crippen LogP contribution in [-0.4, -0.2) is 23.0 Å². The summed E-state index contributed by atoms with van der Waals surface area (Å²) in [4.78, 5) is 22.7. The topological polar surface area (TPSA) is 92.4 Å². The highest BCUT2D eigenvalue weighted by atomic mass is 35.5. The van der Waals surface area contributed by atoms with Gasteiger partial charge in [0.1, 0.15) is 0 Å². The van der Waals surface area contributed by atoms with Gasteiger partial charge >= 0.3 is 5.97 Å². The van der Waals surface area contributed by atoms with Crippen LogP contribution in [0.5, 0.6) is 0 Å². The number of hydrogen-bond acceptors (Lipinski definition) is 3. The van der Waals surface area contributed by atoms with Crippen LogP contribution >= 0.6 is 11.6 Å². The Kier molecular flexibility index (Phi) is 5.32. The Morgan fingerprint density at radius 3 is 2.58 bits per heavy atom. The Morgan fingerprint density at radius 1 is 1.42 bits per heavy atom. The molecule has 1 aromatic rings. The minimum atomic E-state index is -1.08. The number of benzene rings is 1. The highest BCUT2D eigenvalue weighted by molar-refractivity contribution is 6.33. The standard InChI is InChI=1S/C13H17ClN2O3/c1-7(2)5-10(15)12(17)16-11-6-8(13(18)19)3-4-9(11)14/h3-4,6-7,10H,5,15H2,1-2H3,(H,16,17)(H,18,19)/t10-/m1/s1. The van der Waals surface area contributed by atoms with E-state index in [4.69, 9.17) is 22.4 Å². The SMILES string of the molecule is CC(C)C[C@@H](N)C(=O)Nc1cc(C(=O)O)ccc1Cl. The number of carboxylic acids is 1. The fraction of sp³-hybridized carbons (Fsp3) is 0.385. The lowest BCUT2D eigenvalue weighted by Crippen LogP contribution is -2.36. The van der Waals surface area contributed by atoms with Gasteiger partial charge in [-0.05, 0) is 30.5 Å². The summed E-state index contributed by atoms with van der Waals surface area (Å²) < 4.78 is 0. The average Bonchev–Trinajstić information content (AvgIpc) is 2.30. The van der Waals surface area contributed by atoms with E-state index in [0.29, 0.717) is 12.3 Å². The first-order valence-electron chi connectivity index (χ1n) is 5.90. The molecule has 0 unspecified atom stereocenters. The highest BCUT2D eigenvalue weighted by Gasteiger charge is 2.17. The first kappa shape index (κ1) is 15.5. The van der Waals surface area contributed by atoms with E-state index in [1.807, 2.05) is 13.8 Å². The Hall–Kier alpha value is -1.59. The van der Waals surface area contributed by atoms with E-state index in [1.165, 1.54) is 18.2 Å². The minimum absolute atomic E-state index is 0.0529. The third-order valence-electron chi connectivity index (χ3n) is 2.53. The summed E-state index contributed by atoms with van der Waals surface area (Å²) >= 11 is 5.91. The summed E-state index contributed by atoms with van der Waals surface area (Å²) in [5.41, 5.74) is 6.05. The van der Waals surface area contributed by atoms with Gasteiger partial charge in [0.2, 0.25) is 5.91 Å². The Bertz CT molecular complexity index is 489.